The van der Waals surface area contributed by atoms with Gasteiger partial charge in [0.15, 0.2) is 0 Å². The van der Waals surface area contributed by atoms with Crippen molar-refractivity contribution >= 4 is 43.1 Å². The largest absolute Gasteiger partial charge is 0.0616 e. The van der Waals surface area contributed by atoms with Crippen LogP contribution in [0.3, 0.4) is 0 Å². The maximum absolute atomic E-state index is 2.36. The van der Waals surface area contributed by atoms with Crippen molar-refractivity contribution in [1.82, 2.24) is 0 Å². The smallest absolute Gasteiger partial charge is 0.00261 e. The summed E-state index contributed by atoms with van der Waals surface area (Å²) in [6.07, 6.45) is 0. The molecule has 41 heavy (non-hydrogen) atoms. The minimum Gasteiger partial charge on any atom is -0.0616 e. The van der Waals surface area contributed by atoms with E-state index in [9.17, 15) is 0 Å². The van der Waals surface area contributed by atoms with Crippen LogP contribution in [0.1, 0.15) is 5.56 Å². The monoisotopic (exact) mass is 520 g/mol. The summed E-state index contributed by atoms with van der Waals surface area (Å²) in [7, 11) is 0. The highest BCUT2D eigenvalue weighted by molar-refractivity contribution is 6.22. The second kappa shape index (κ2) is 9.47. The molecule has 8 aromatic rings. The first-order valence-corrected chi connectivity index (χ1v) is 14.3. The summed E-state index contributed by atoms with van der Waals surface area (Å²) in [6, 6.07) is 55.7. The zero-order valence-corrected chi connectivity index (χ0v) is 22.9. The molecule has 0 heteroatoms. The van der Waals surface area contributed by atoms with E-state index in [1.165, 1.54) is 82.0 Å². The van der Waals surface area contributed by atoms with E-state index in [2.05, 4.69) is 159 Å². The highest BCUT2D eigenvalue weighted by Gasteiger charge is 2.17. The Morgan fingerprint density at radius 3 is 1.66 bits per heavy atom. The maximum atomic E-state index is 2.36. The van der Waals surface area contributed by atoms with Crippen LogP contribution in [0, 0.1) is 6.92 Å². The molecule has 0 amide bonds. The van der Waals surface area contributed by atoms with Crippen molar-refractivity contribution in [2.45, 2.75) is 6.92 Å². The third-order valence-corrected chi connectivity index (χ3v) is 8.49. The summed E-state index contributed by atoms with van der Waals surface area (Å²) >= 11 is 0. The highest BCUT2D eigenvalue weighted by Crippen LogP contribution is 2.44. The van der Waals surface area contributed by atoms with Gasteiger partial charge in [-0.1, -0.05) is 151 Å². The molecule has 0 fully saturated rings. The van der Waals surface area contributed by atoms with Crippen LogP contribution in [0.15, 0.2) is 152 Å². The Kier molecular flexibility index (Phi) is 5.47. The van der Waals surface area contributed by atoms with Gasteiger partial charge < -0.3 is 0 Å². The van der Waals surface area contributed by atoms with E-state index >= 15 is 0 Å². The molecular formula is C41H28. The van der Waals surface area contributed by atoms with Crippen molar-refractivity contribution in [2.24, 2.45) is 0 Å². The Bertz CT molecular complexity index is 2250. The normalized spacial score (nSPS) is 11.5. The summed E-state index contributed by atoms with van der Waals surface area (Å²) in [4.78, 5) is 0. The van der Waals surface area contributed by atoms with Gasteiger partial charge in [0.05, 0.1) is 0 Å². The van der Waals surface area contributed by atoms with E-state index in [-0.39, 0.29) is 0 Å². The molecule has 0 saturated carbocycles. The molecule has 8 aromatic carbocycles. The molecule has 0 heterocycles. The molecule has 0 unspecified atom stereocenters. The average Bonchev–Trinajstić information content (AvgIpc) is 3.03. The Balaban J connectivity index is 1.38. The molecule has 192 valence electrons. The fraction of sp³-hybridized carbons (Fsp3) is 0.0244. The van der Waals surface area contributed by atoms with Crippen molar-refractivity contribution in [3.63, 3.8) is 0 Å². The number of aryl methyl sites for hydroxylation is 1. The number of benzene rings is 8. The quantitative estimate of drug-likeness (QED) is 0.203. The molecule has 0 spiro atoms. The predicted molar refractivity (Wildman–Crippen MR) is 178 cm³/mol. The molecule has 0 aliphatic carbocycles. The van der Waals surface area contributed by atoms with Crippen LogP contribution >= 0.6 is 0 Å². The van der Waals surface area contributed by atoms with Crippen molar-refractivity contribution in [1.29, 1.82) is 0 Å². The van der Waals surface area contributed by atoms with Gasteiger partial charge in [-0.15, -0.1) is 0 Å². The SMILES string of the molecule is Cc1ccc2c(-c3ccc(-c4cccc5ccccc45)cc3)c3ccccc3c(-c3ccc4ccccc4c3)c2c1. The second-order valence-electron chi connectivity index (χ2n) is 11.0. The minimum absolute atomic E-state index is 1.24. The topological polar surface area (TPSA) is 0 Å². The molecule has 0 aliphatic rings. The van der Waals surface area contributed by atoms with E-state index in [0.717, 1.165) is 0 Å². The van der Waals surface area contributed by atoms with Crippen LogP contribution in [-0.2, 0) is 0 Å². The molecule has 0 aromatic heterocycles. The molecular weight excluding hydrogens is 492 g/mol. The van der Waals surface area contributed by atoms with Crippen LogP contribution in [0.25, 0.3) is 76.5 Å². The standard InChI is InChI=1S/C41H28/c1-27-17-24-38-39(25-27)41(33-23-18-28-9-2-3-11-32(28)26-33)37-15-7-6-14-36(37)40(38)31-21-19-30(20-22-31)35-16-8-12-29-10-4-5-13-34(29)35/h2-26H,1H3. The maximum Gasteiger partial charge on any atom is -0.00261 e. The highest BCUT2D eigenvalue weighted by atomic mass is 14.2. The van der Waals surface area contributed by atoms with Gasteiger partial charge in [-0.3, -0.25) is 0 Å². The van der Waals surface area contributed by atoms with Crippen molar-refractivity contribution in [3.05, 3.63) is 157 Å². The second-order valence-corrected chi connectivity index (χ2v) is 11.0. The first-order chi connectivity index (χ1) is 20.2. The van der Waals surface area contributed by atoms with E-state index < -0.39 is 0 Å². The molecule has 0 atom stereocenters. The number of hydrogen-bond acceptors (Lipinski definition) is 0. The van der Waals surface area contributed by atoms with Crippen LogP contribution in [-0.4, -0.2) is 0 Å². The first kappa shape index (κ1) is 23.7. The fourth-order valence-electron chi connectivity index (χ4n) is 6.55. The average molecular weight is 521 g/mol. The lowest BCUT2D eigenvalue weighted by atomic mass is 9.84. The molecule has 0 radical (unpaired) electrons. The van der Waals surface area contributed by atoms with Gasteiger partial charge in [0.1, 0.15) is 0 Å². The lowest BCUT2D eigenvalue weighted by Crippen LogP contribution is -1.92. The Morgan fingerprint density at radius 1 is 0.317 bits per heavy atom. The van der Waals surface area contributed by atoms with Crippen LogP contribution in [0.5, 0.6) is 0 Å². The zero-order chi connectivity index (χ0) is 27.3. The molecule has 0 nitrogen and oxygen atoms in total. The third kappa shape index (κ3) is 3.91. The van der Waals surface area contributed by atoms with E-state index in [4.69, 9.17) is 0 Å². The summed E-state index contributed by atoms with van der Waals surface area (Å²) in [5.74, 6) is 0. The van der Waals surface area contributed by atoms with Gasteiger partial charge in [0.2, 0.25) is 0 Å². The molecule has 0 saturated heterocycles. The lowest BCUT2D eigenvalue weighted by molar-refractivity contribution is 1.51. The van der Waals surface area contributed by atoms with E-state index in [0.29, 0.717) is 0 Å². The van der Waals surface area contributed by atoms with E-state index in [1.807, 2.05) is 0 Å². The van der Waals surface area contributed by atoms with Crippen LogP contribution in [0.4, 0.5) is 0 Å². The van der Waals surface area contributed by atoms with Gasteiger partial charge in [0, 0.05) is 0 Å². The summed E-state index contributed by atoms with van der Waals surface area (Å²) in [5.41, 5.74) is 8.88. The van der Waals surface area contributed by atoms with Gasteiger partial charge in [-0.05, 0) is 89.5 Å². The number of rotatable bonds is 3. The van der Waals surface area contributed by atoms with Crippen LogP contribution in [0.2, 0.25) is 0 Å². The number of fused-ring (bicyclic) bond motifs is 4. The zero-order valence-electron chi connectivity index (χ0n) is 22.9. The Hall–Kier alpha value is -5.20. The lowest BCUT2D eigenvalue weighted by Gasteiger charge is -2.19. The van der Waals surface area contributed by atoms with Gasteiger partial charge >= 0.3 is 0 Å². The predicted octanol–water partition coefficient (Wildman–Crippen LogP) is 11.6. The van der Waals surface area contributed by atoms with Gasteiger partial charge in [-0.25, -0.2) is 0 Å². The fourth-order valence-corrected chi connectivity index (χ4v) is 6.55. The summed E-state index contributed by atoms with van der Waals surface area (Å²) in [6.45, 7) is 2.19. The van der Waals surface area contributed by atoms with Gasteiger partial charge in [0.25, 0.3) is 0 Å². The van der Waals surface area contributed by atoms with Crippen molar-refractivity contribution < 1.29 is 0 Å². The van der Waals surface area contributed by atoms with Crippen molar-refractivity contribution in [2.75, 3.05) is 0 Å². The Morgan fingerprint density at radius 2 is 0.878 bits per heavy atom. The van der Waals surface area contributed by atoms with Gasteiger partial charge in [-0.2, -0.15) is 0 Å². The summed E-state index contributed by atoms with van der Waals surface area (Å²) in [5, 5.41) is 10.2. The first-order valence-electron chi connectivity index (χ1n) is 14.3. The third-order valence-electron chi connectivity index (χ3n) is 8.49. The summed E-state index contributed by atoms with van der Waals surface area (Å²) < 4.78 is 0. The Labute approximate surface area is 240 Å². The van der Waals surface area contributed by atoms with Crippen molar-refractivity contribution in [3.8, 4) is 33.4 Å². The minimum atomic E-state index is 1.24. The molecule has 0 bridgehead atoms. The van der Waals surface area contributed by atoms with E-state index in [1.54, 1.807) is 0 Å². The number of hydrogen-bond donors (Lipinski definition) is 0. The molecule has 0 N–H and O–H groups in total. The molecule has 0 aliphatic heterocycles. The molecule has 8 rings (SSSR count). The van der Waals surface area contributed by atoms with Crippen LogP contribution < -0.4 is 0 Å².